The highest BCUT2D eigenvalue weighted by molar-refractivity contribution is 6.00. The van der Waals surface area contributed by atoms with Crippen LogP contribution in [0.15, 0.2) is 18.2 Å². The molecule has 0 aliphatic heterocycles. The van der Waals surface area contributed by atoms with Crippen LogP contribution < -0.4 is 15.4 Å². The van der Waals surface area contributed by atoms with Crippen LogP contribution in [0.3, 0.4) is 0 Å². The quantitative estimate of drug-likeness (QED) is 0.584. The Hall–Kier alpha value is -2.83. The van der Waals surface area contributed by atoms with Gasteiger partial charge in [-0.15, -0.1) is 0 Å². The number of nitrogens with zero attached hydrogens (tertiary/aromatic N) is 2. The molecule has 1 aliphatic rings. The molecule has 1 aromatic heterocycles. The fraction of sp³-hybridized carbons (Fsp3) is 0.621. The van der Waals surface area contributed by atoms with Crippen molar-refractivity contribution in [2.45, 2.75) is 103 Å². The van der Waals surface area contributed by atoms with Crippen molar-refractivity contribution in [2.24, 2.45) is 7.05 Å². The molecule has 0 radical (unpaired) electrons. The predicted molar refractivity (Wildman–Crippen MR) is 143 cm³/mol. The van der Waals surface area contributed by atoms with E-state index >= 15 is 0 Å². The summed E-state index contributed by atoms with van der Waals surface area (Å²) in [6, 6.07) is 5.81. The molecular weight excluding hydrogens is 452 g/mol. The molecule has 3 rings (SSSR count). The summed E-state index contributed by atoms with van der Waals surface area (Å²) in [6.07, 6.45) is 4.12. The molecule has 2 amide bonds. The standard InChI is InChI=1S/C29H44N4O3/c1-19-15-21(32-33(19)8)18-30-26(35)29(13-11-10-12-14-29)31-25(34)20-16-22(27(2,3)4)24(36-9)23(17-20)28(5,6)7/h15-17H,10-14,18H2,1-9H3,(H,30,35)(H,31,34). The molecule has 2 aromatic rings. The molecule has 2 N–H and O–H groups in total. The highest BCUT2D eigenvalue weighted by atomic mass is 16.5. The number of rotatable bonds is 6. The number of benzene rings is 1. The summed E-state index contributed by atoms with van der Waals surface area (Å²) in [5, 5.41) is 10.7. The van der Waals surface area contributed by atoms with E-state index in [0.29, 0.717) is 24.9 Å². The second-order valence-electron chi connectivity index (χ2n) is 12.3. The first-order valence-electron chi connectivity index (χ1n) is 13.0. The van der Waals surface area contributed by atoms with Crippen LogP contribution in [0.1, 0.15) is 107 Å². The van der Waals surface area contributed by atoms with Crippen molar-refractivity contribution in [1.82, 2.24) is 20.4 Å². The first kappa shape index (κ1) is 27.8. The topological polar surface area (TPSA) is 85.2 Å². The van der Waals surface area contributed by atoms with Crippen LogP contribution in [0, 0.1) is 6.92 Å². The van der Waals surface area contributed by atoms with Crippen molar-refractivity contribution in [3.63, 3.8) is 0 Å². The first-order chi connectivity index (χ1) is 16.7. The molecule has 1 heterocycles. The fourth-order valence-corrected chi connectivity index (χ4v) is 5.01. The lowest BCUT2D eigenvalue weighted by atomic mass is 9.77. The van der Waals surface area contributed by atoms with E-state index < -0.39 is 5.54 Å². The van der Waals surface area contributed by atoms with Crippen LogP contribution >= 0.6 is 0 Å². The molecule has 0 bridgehead atoms. The summed E-state index contributed by atoms with van der Waals surface area (Å²) in [6.45, 7) is 15.0. The van der Waals surface area contributed by atoms with Crippen LogP contribution in [0.5, 0.6) is 5.75 Å². The van der Waals surface area contributed by atoms with Crippen LogP contribution in [0.2, 0.25) is 0 Å². The maximum Gasteiger partial charge on any atom is 0.252 e. The van der Waals surface area contributed by atoms with Gasteiger partial charge in [-0.1, -0.05) is 60.8 Å². The van der Waals surface area contributed by atoms with Gasteiger partial charge >= 0.3 is 0 Å². The van der Waals surface area contributed by atoms with Gasteiger partial charge in [0.15, 0.2) is 0 Å². The summed E-state index contributed by atoms with van der Waals surface area (Å²) >= 11 is 0. The Morgan fingerprint density at radius 3 is 2.00 bits per heavy atom. The lowest BCUT2D eigenvalue weighted by molar-refractivity contribution is -0.128. The number of carbonyl (C=O) groups is 2. The van der Waals surface area contributed by atoms with Gasteiger partial charge in [-0.05, 0) is 48.8 Å². The fourth-order valence-electron chi connectivity index (χ4n) is 5.01. The molecule has 1 fully saturated rings. The Morgan fingerprint density at radius 1 is 1.00 bits per heavy atom. The maximum atomic E-state index is 13.8. The highest BCUT2D eigenvalue weighted by Crippen LogP contribution is 2.41. The minimum absolute atomic E-state index is 0.139. The summed E-state index contributed by atoms with van der Waals surface area (Å²) in [5.41, 5.74) is 2.99. The SMILES string of the molecule is COc1c(C(C)(C)C)cc(C(=O)NC2(C(=O)NCc3cc(C)n(C)n3)CCCCC2)cc1C(C)(C)C. The van der Waals surface area contributed by atoms with Crippen molar-refractivity contribution >= 4 is 11.8 Å². The van der Waals surface area contributed by atoms with E-state index in [1.165, 1.54) is 0 Å². The third-order valence-electron chi connectivity index (χ3n) is 7.26. The molecule has 0 atom stereocenters. The van der Waals surface area contributed by atoms with Crippen molar-refractivity contribution in [1.29, 1.82) is 0 Å². The highest BCUT2D eigenvalue weighted by Gasteiger charge is 2.41. The second kappa shape index (κ2) is 10.3. The monoisotopic (exact) mass is 496 g/mol. The average molecular weight is 497 g/mol. The van der Waals surface area contributed by atoms with Crippen molar-refractivity contribution in [3.8, 4) is 5.75 Å². The number of amides is 2. The summed E-state index contributed by atoms with van der Waals surface area (Å²) in [5.74, 6) is 0.459. The molecular formula is C29H44N4O3. The molecule has 7 nitrogen and oxygen atoms in total. The largest absolute Gasteiger partial charge is 0.496 e. The van der Waals surface area contributed by atoms with Crippen LogP contribution in [-0.2, 0) is 29.2 Å². The molecule has 1 aliphatic carbocycles. The number of aryl methyl sites for hydroxylation is 2. The number of aromatic nitrogens is 2. The van der Waals surface area contributed by atoms with Gasteiger partial charge in [-0.3, -0.25) is 14.3 Å². The van der Waals surface area contributed by atoms with Crippen LogP contribution in [0.4, 0.5) is 0 Å². The number of nitrogens with one attached hydrogen (secondary N) is 2. The van der Waals surface area contributed by atoms with Gasteiger partial charge in [0.05, 0.1) is 19.3 Å². The van der Waals surface area contributed by atoms with Gasteiger partial charge in [0, 0.05) is 29.4 Å². The Bertz CT molecular complexity index is 1060. The molecule has 0 spiro atoms. The third-order valence-corrected chi connectivity index (χ3v) is 7.26. The van der Waals surface area contributed by atoms with E-state index in [1.807, 2.05) is 32.2 Å². The van der Waals surface area contributed by atoms with Crippen molar-refractivity contribution < 1.29 is 14.3 Å². The Balaban J connectivity index is 1.93. The number of carbonyl (C=O) groups excluding carboxylic acids is 2. The van der Waals surface area contributed by atoms with E-state index in [2.05, 4.69) is 57.3 Å². The molecule has 1 saturated carbocycles. The van der Waals surface area contributed by atoms with E-state index in [-0.39, 0.29) is 22.6 Å². The molecule has 0 saturated heterocycles. The zero-order valence-electron chi connectivity index (χ0n) is 23.6. The number of hydrogen-bond donors (Lipinski definition) is 2. The summed E-state index contributed by atoms with van der Waals surface area (Å²) < 4.78 is 7.65. The molecule has 198 valence electrons. The van der Waals surface area contributed by atoms with Gasteiger partial charge in [-0.25, -0.2) is 0 Å². The second-order valence-corrected chi connectivity index (χ2v) is 12.3. The average Bonchev–Trinajstić information content (AvgIpc) is 3.12. The normalized spacial score (nSPS) is 15.9. The molecule has 1 aromatic carbocycles. The summed E-state index contributed by atoms with van der Waals surface area (Å²) in [4.78, 5) is 27.3. The van der Waals surface area contributed by atoms with E-state index in [1.54, 1.807) is 11.8 Å². The maximum absolute atomic E-state index is 13.8. The summed E-state index contributed by atoms with van der Waals surface area (Å²) in [7, 11) is 3.57. The van der Waals surface area contributed by atoms with Gasteiger partial charge in [0.1, 0.15) is 11.3 Å². The lowest BCUT2D eigenvalue weighted by Gasteiger charge is -2.37. The van der Waals surface area contributed by atoms with Crippen LogP contribution in [-0.4, -0.2) is 34.2 Å². The number of methoxy groups -OCH3 is 1. The zero-order valence-corrected chi connectivity index (χ0v) is 23.6. The number of hydrogen-bond acceptors (Lipinski definition) is 4. The van der Waals surface area contributed by atoms with E-state index in [0.717, 1.165) is 47.5 Å². The number of ether oxygens (including phenoxy) is 1. The van der Waals surface area contributed by atoms with Crippen molar-refractivity contribution in [2.75, 3.05) is 7.11 Å². The van der Waals surface area contributed by atoms with Crippen LogP contribution in [0.25, 0.3) is 0 Å². The predicted octanol–water partition coefficient (Wildman–Crippen LogP) is 5.08. The first-order valence-corrected chi connectivity index (χ1v) is 13.0. The van der Waals surface area contributed by atoms with E-state index in [4.69, 9.17) is 4.74 Å². The van der Waals surface area contributed by atoms with Gasteiger partial charge in [0.25, 0.3) is 5.91 Å². The Labute approximate surface area is 216 Å². The lowest BCUT2D eigenvalue weighted by Crippen LogP contribution is -2.59. The van der Waals surface area contributed by atoms with Crippen molar-refractivity contribution in [3.05, 3.63) is 46.3 Å². The van der Waals surface area contributed by atoms with Gasteiger partial charge in [-0.2, -0.15) is 5.10 Å². The third kappa shape index (κ3) is 5.93. The zero-order chi connectivity index (χ0) is 26.9. The Kier molecular flexibility index (Phi) is 7.92. The molecule has 7 heteroatoms. The minimum atomic E-state index is -0.928. The van der Waals surface area contributed by atoms with Gasteiger partial charge < -0.3 is 15.4 Å². The smallest absolute Gasteiger partial charge is 0.252 e. The Morgan fingerprint density at radius 2 is 1.56 bits per heavy atom. The van der Waals surface area contributed by atoms with E-state index in [9.17, 15) is 9.59 Å². The molecule has 36 heavy (non-hydrogen) atoms. The molecule has 0 unspecified atom stereocenters. The minimum Gasteiger partial charge on any atom is -0.496 e. The van der Waals surface area contributed by atoms with Gasteiger partial charge in [0.2, 0.25) is 5.91 Å².